The van der Waals surface area contributed by atoms with Crippen LogP contribution in [0.5, 0.6) is 0 Å². The minimum Gasteiger partial charge on any atom is -0.335 e. The molecular formula is C23H25N5O2S. The summed E-state index contributed by atoms with van der Waals surface area (Å²) in [7, 11) is 0. The summed E-state index contributed by atoms with van der Waals surface area (Å²) in [6.45, 7) is 3.00. The molecule has 31 heavy (non-hydrogen) atoms. The second kappa shape index (κ2) is 8.72. The number of anilines is 1. The summed E-state index contributed by atoms with van der Waals surface area (Å²) >= 11 is 1.67. The number of fused-ring (bicyclic) bond motifs is 2. The lowest BCUT2D eigenvalue weighted by Crippen LogP contribution is -2.36. The molecule has 0 saturated carbocycles. The van der Waals surface area contributed by atoms with Crippen LogP contribution in [0.15, 0.2) is 41.6 Å². The van der Waals surface area contributed by atoms with Gasteiger partial charge in [-0.3, -0.25) is 14.5 Å². The van der Waals surface area contributed by atoms with E-state index in [1.165, 1.54) is 5.57 Å². The molecule has 3 aliphatic heterocycles. The average Bonchev–Trinajstić information content (AvgIpc) is 3.44. The first-order valence-electron chi connectivity index (χ1n) is 10.7. The highest BCUT2D eigenvalue weighted by atomic mass is 32.1. The van der Waals surface area contributed by atoms with Crippen LogP contribution < -0.4 is 5.32 Å². The topological polar surface area (TPSA) is 78.4 Å². The van der Waals surface area contributed by atoms with E-state index in [4.69, 9.17) is 0 Å². The van der Waals surface area contributed by atoms with E-state index in [0.717, 1.165) is 54.9 Å². The highest BCUT2D eigenvalue weighted by Crippen LogP contribution is 2.28. The standard InChI is InChI=1S/C23H25N5O2S/c29-21(27-9-5-16(6-10-27)13-20-24-7-11-31-20)4-3-17-12-18-15-28-8-1-2-19(28)23(30)26-22(18)25-14-17/h3-5,7,11-12,14,19H,1-2,6,8-10,13,15H2,(H,25,26,30)/b4-3+/t19-/m0/s1. The van der Waals surface area contributed by atoms with E-state index >= 15 is 0 Å². The Kier molecular flexibility index (Phi) is 5.65. The molecule has 2 amide bonds. The maximum atomic E-state index is 12.6. The van der Waals surface area contributed by atoms with Gasteiger partial charge in [-0.25, -0.2) is 9.97 Å². The van der Waals surface area contributed by atoms with Crippen LogP contribution >= 0.6 is 11.3 Å². The summed E-state index contributed by atoms with van der Waals surface area (Å²) in [5, 5.41) is 6.07. The van der Waals surface area contributed by atoms with E-state index in [2.05, 4.69) is 26.3 Å². The van der Waals surface area contributed by atoms with Crippen LogP contribution in [0, 0.1) is 0 Å². The fraction of sp³-hybridized carbons (Fsp3) is 0.391. The van der Waals surface area contributed by atoms with E-state index in [1.807, 2.05) is 28.6 Å². The van der Waals surface area contributed by atoms with E-state index in [-0.39, 0.29) is 17.9 Å². The Hall–Kier alpha value is -2.84. The highest BCUT2D eigenvalue weighted by molar-refractivity contribution is 7.09. The number of hydrogen-bond acceptors (Lipinski definition) is 6. The molecule has 7 nitrogen and oxygen atoms in total. The second-order valence-corrected chi connectivity index (χ2v) is 9.21. The van der Waals surface area contributed by atoms with E-state index in [1.54, 1.807) is 23.6 Å². The Morgan fingerprint density at radius 1 is 1.32 bits per heavy atom. The molecule has 0 spiro atoms. The minimum atomic E-state index is -0.0533. The van der Waals surface area contributed by atoms with Gasteiger partial charge in [-0.05, 0) is 43.5 Å². The third-order valence-electron chi connectivity index (χ3n) is 6.16. The van der Waals surface area contributed by atoms with Gasteiger partial charge in [-0.15, -0.1) is 11.3 Å². The summed E-state index contributed by atoms with van der Waals surface area (Å²) in [6, 6.07) is 1.97. The molecule has 0 unspecified atom stereocenters. The first-order valence-corrected chi connectivity index (χ1v) is 11.6. The van der Waals surface area contributed by atoms with Gasteiger partial charge in [0.25, 0.3) is 0 Å². The van der Waals surface area contributed by atoms with Crippen molar-refractivity contribution in [2.45, 2.75) is 38.3 Å². The van der Waals surface area contributed by atoms with E-state index in [0.29, 0.717) is 18.9 Å². The zero-order chi connectivity index (χ0) is 21.2. The van der Waals surface area contributed by atoms with Gasteiger partial charge in [0.05, 0.1) is 11.0 Å². The van der Waals surface area contributed by atoms with Crippen molar-refractivity contribution in [3.63, 3.8) is 0 Å². The lowest BCUT2D eigenvalue weighted by atomic mass is 10.1. The Labute approximate surface area is 185 Å². The second-order valence-electron chi connectivity index (χ2n) is 8.23. The number of pyridine rings is 1. The largest absolute Gasteiger partial charge is 0.335 e. The van der Waals surface area contributed by atoms with Crippen LogP contribution in [0.1, 0.15) is 35.4 Å². The summed E-state index contributed by atoms with van der Waals surface area (Å²) in [5.41, 5.74) is 3.22. The van der Waals surface area contributed by atoms with Crippen molar-refractivity contribution >= 4 is 35.0 Å². The van der Waals surface area contributed by atoms with Crippen molar-refractivity contribution in [2.24, 2.45) is 0 Å². The quantitative estimate of drug-likeness (QED) is 0.590. The van der Waals surface area contributed by atoms with Crippen LogP contribution in [0.4, 0.5) is 5.82 Å². The summed E-state index contributed by atoms with van der Waals surface area (Å²) in [4.78, 5) is 37.9. The smallest absolute Gasteiger partial charge is 0.246 e. The van der Waals surface area contributed by atoms with Crippen molar-refractivity contribution in [1.82, 2.24) is 19.8 Å². The molecule has 0 radical (unpaired) electrons. The summed E-state index contributed by atoms with van der Waals surface area (Å²) < 4.78 is 0. The molecule has 1 saturated heterocycles. The van der Waals surface area contributed by atoms with Crippen molar-refractivity contribution in [2.75, 3.05) is 25.0 Å². The molecule has 8 heteroatoms. The van der Waals surface area contributed by atoms with Crippen molar-refractivity contribution in [1.29, 1.82) is 0 Å². The van der Waals surface area contributed by atoms with Crippen LogP contribution in [-0.4, -0.2) is 57.3 Å². The Balaban J connectivity index is 1.22. The molecule has 3 aliphatic rings. The van der Waals surface area contributed by atoms with Crippen molar-refractivity contribution in [3.8, 4) is 0 Å². The van der Waals surface area contributed by atoms with E-state index < -0.39 is 0 Å². The normalized spacial score (nSPS) is 21.4. The van der Waals surface area contributed by atoms with Crippen LogP contribution in [0.25, 0.3) is 6.08 Å². The molecule has 160 valence electrons. The van der Waals surface area contributed by atoms with Crippen LogP contribution in [0.3, 0.4) is 0 Å². The molecule has 1 atom stereocenters. The number of nitrogens with one attached hydrogen (secondary N) is 1. The van der Waals surface area contributed by atoms with Gasteiger partial charge in [0.2, 0.25) is 11.8 Å². The number of amides is 2. The van der Waals surface area contributed by atoms with Crippen molar-refractivity contribution in [3.05, 3.63) is 57.7 Å². The minimum absolute atomic E-state index is 0.00685. The fourth-order valence-corrected chi connectivity index (χ4v) is 5.13. The predicted molar refractivity (Wildman–Crippen MR) is 120 cm³/mol. The number of aromatic nitrogens is 2. The monoisotopic (exact) mass is 435 g/mol. The molecule has 5 heterocycles. The van der Waals surface area contributed by atoms with Gasteiger partial charge in [-0.2, -0.15) is 0 Å². The third kappa shape index (κ3) is 4.45. The number of hydrogen-bond donors (Lipinski definition) is 1. The van der Waals surface area contributed by atoms with E-state index in [9.17, 15) is 9.59 Å². The SMILES string of the molecule is O=C1Nc2ncc(/C=C/C(=O)N3CC=C(Cc4nccs4)CC3)cc2CN2CCC[C@@H]12. The number of nitrogens with zero attached hydrogens (tertiary/aromatic N) is 4. The molecule has 5 rings (SSSR count). The van der Waals surface area contributed by atoms with Crippen LogP contribution in [-0.2, 0) is 22.6 Å². The summed E-state index contributed by atoms with van der Waals surface area (Å²) in [6.07, 6.45) is 12.8. The number of thiazole rings is 1. The Bertz CT molecular complexity index is 1050. The first kappa shape index (κ1) is 20.1. The average molecular weight is 436 g/mol. The first-order chi connectivity index (χ1) is 15.2. The molecule has 1 N–H and O–H groups in total. The van der Waals surface area contributed by atoms with Crippen LogP contribution in [0.2, 0.25) is 0 Å². The van der Waals surface area contributed by atoms with Gasteiger partial charge in [-0.1, -0.05) is 11.6 Å². The maximum absolute atomic E-state index is 12.6. The molecule has 2 aromatic heterocycles. The molecule has 1 fully saturated rings. The molecule has 0 aromatic carbocycles. The van der Waals surface area contributed by atoms with Gasteiger partial charge >= 0.3 is 0 Å². The highest BCUT2D eigenvalue weighted by Gasteiger charge is 2.34. The predicted octanol–water partition coefficient (Wildman–Crippen LogP) is 2.87. The maximum Gasteiger partial charge on any atom is 0.246 e. The zero-order valence-corrected chi connectivity index (χ0v) is 18.1. The fourth-order valence-electron chi connectivity index (χ4n) is 4.46. The molecule has 0 aliphatic carbocycles. The zero-order valence-electron chi connectivity index (χ0n) is 17.3. The molecule has 0 bridgehead atoms. The Morgan fingerprint density at radius 3 is 3.06 bits per heavy atom. The summed E-state index contributed by atoms with van der Waals surface area (Å²) in [5.74, 6) is 0.679. The lowest BCUT2D eigenvalue weighted by Gasteiger charge is -2.25. The van der Waals surface area contributed by atoms with Gasteiger partial charge < -0.3 is 10.2 Å². The Morgan fingerprint density at radius 2 is 2.26 bits per heavy atom. The van der Waals surface area contributed by atoms with Gasteiger partial charge in [0, 0.05) is 55.5 Å². The lowest BCUT2D eigenvalue weighted by molar-refractivity contribution is -0.125. The number of carbonyl (C=O) groups is 2. The number of carbonyl (C=O) groups excluding carboxylic acids is 2. The van der Waals surface area contributed by atoms with Crippen molar-refractivity contribution < 1.29 is 9.59 Å². The number of rotatable bonds is 4. The molecular weight excluding hydrogens is 410 g/mol. The van der Waals surface area contributed by atoms with Gasteiger partial charge in [0.15, 0.2) is 0 Å². The van der Waals surface area contributed by atoms with Gasteiger partial charge in [0.1, 0.15) is 5.82 Å². The third-order valence-corrected chi connectivity index (χ3v) is 6.94. The molecule has 2 aromatic rings.